The number of hydrogen-bond acceptors (Lipinski definition) is 6. The zero-order valence-electron chi connectivity index (χ0n) is 18.5. The standard InChI is InChI=1S/C25H21Br2N3O4/c1-3-33-23-11-16(14-29-30-25(31)20-12-19(26)8-9-22(20)32-2)10-21(27)24(23)34-15-18-7-5-4-6-17(18)13-28/h4-12,14H,3,15H2,1-2H3,(H,30,31)/b29-14-. The van der Waals surface area contributed by atoms with Gasteiger partial charge in [0.05, 0.1) is 41.6 Å². The molecule has 1 amide bonds. The van der Waals surface area contributed by atoms with Gasteiger partial charge in [-0.2, -0.15) is 10.4 Å². The maximum absolute atomic E-state index is 12.5. The molecule has 3 rings (SSSR count). The third-order valence-electron chi connectivity index (χ3n) is 4.63. The Labute approximate surface area is 214 Å². The van der Waals surface area contributed by atoms with Crippen molar-refractivity contribution in [3.05, 3.63) is 85.8 Å². The van der Waals surface area contributed by atoms with Crippen molar-refractivity contribution in [1.82, 2.24) is 5.43 Å². The smallest absolute Gasteiger partial charge is 0.275 e. The van der Waals surface area contributed by atoms with Gasteiger partial charge in [0.15, 0.2) is 11.5 Å². The SMILES string of the molecule is CCOc1cc(/C=N\NC(=O)c2cc(Br)ccc2OC)cc(Br)c1OCc1ccccc1C#N. The van der Waals surface area contributed by atoms with Crippen LogP contribution in [0.4, 0.5) is 0 Å². The molecule has 0 radical (unpaired) electrons. The van der Waals surface area contributed by atoms with Gasteiger partial charge in [0, 0.05) is 10.0 Å². The number of ether oxygens (including phenoxy) is 3. The highest BCUT2D eigenvalue weighted by Gasteiger charge is 2.14. The number of carbonyl (C=O) groups excluding carboxylic acids is 1. The van der Waals surface area contributed by atoms with E-state index in [1.807, 2.05) is 25.1 Å². The molecular formula is C25H21Br2N3O4. The Morgan fingerprint density at radius 2 is 1.91 bits per heavy atom. The second-order valence-corrected chi connectivity index (χ2v) is 8.63. The maximum atomic E-state index is 12.5. The predicted octanol–water partition coefficient (Wildman–Crippen LogP) is 5.83. The molecule has 0 atom stereocenters. The van der Waals surface area contributed by atoms with Crippen molar-refractivity contribution >= 4 is 44.0 Å². The fourth-order valence-corrected chi connectivity index (χ4v) is 3.99. The van der Waals surface area contributed by atoms with Crippen LogP contribution in [0.15, 0.2) is 68.6 Å². The lowest BCUT2D eigenvalue weighted by atomic mass is 10.1. The van der Waals surface area contributed by atoms with Gasteiger partial charge in [-0.15, -0.1) is 0 Å². The van der Waals surface area contributed by atoms with Crippen molar-refractivity contribution in [3.63, 3.8) is 0 Å². The van der Waals surface area contributed by atoms with Crippen LogP contribution < -0.4 is 19.6 Å². The fourth-order valence-electron chi connectivity index (χ4n) is 3.05. The summed E-state index contributed by atoms with van der Waals surface area (Å²) in [6.45, 7) is 2.51. The Hall–Kier alpha value is -3.35. The van der Waals surface area contributed by atoms with Crippen molar-refractivity contribution in [2.24, 2.45) is 5.10 Å². The van der Waals surface area contributed by atoms with Gasteiger partial charge in [0.1, 0.15) is 12.4 Å². The second-order valence-electron chi connectivity index (χ2n) is 6.86. The topological polar surface area (TPSA) is 92.9 Å². The van der Waals surface area contributed by atoms with E-state index in [4.69, 9.17) is 14.2 Å². The Morgan fingerprint density at radius 1 is 1.12 bits per heavy atom. The molecule has 174 valence electrons. The van der Waals surface area contributed by atoms with Crippen molar-refractivity contribution in [2.45, 2.75) is 13.5 Å². The van der Waals surface area contributed by atoms with Crippen LogP contribution in [-0.4, -0.2) is 25.8 Å². The molecule has 3 aromatic carbocycles. The van der Waals surface area contributed by atoms with Crippen molar-refractivity contribution in [2.75, 3.05) is 13.7 Å². The van der Waals surface area contributed by atoms with Gasteiger partial charge >= 0.3 is 0 Å². The fraction of sp³-hybridized carbons (Fsp3) is 0.160. The van der Waals surface area contributed by atoms with E-state index in [1.165, 1.54) is 13.3 Å². The molecule has 0 spiro atoms. The minimum Gasteiger partial charge on any atom is -0.496 e. The Bertz CT molecular complexity index is 1260. The number of benzene rings is 3. The molecule has 9 heteroatoms. The van der Waals surface area contributed by atoms with Crippen molar-refractivity contribution < 1.29 is 19.0 Å². The van der Waals surface area contributed by atoms with Crippen LogP contribution >= 0.6 is 31.9 Å². The number of nitrogens with zero attached hydrogens (tertiary/aromatic N) is 2. The highest BCUT2D eigenvalue weighted by molar-refractivity contribution is 9.10. The van der Waals surface area contributed by atoms with E-state index in [0.29, 0.717) is 45.0 Å². The summed E-state index contributed by atoms with van der Waals surface area (Å²) in [5.74, 6) is 1.05. The average Bonchev–Trinajstić information content (AvgIpc) is 2.83. The number of carbonyl (C=O) groups is 1. The van der Waals surface area contributed by atoms with Gasteiger partial charge in [-0.05, 0) is 64.8 Å². The molecule has 0 heterocycles. The molecule has 0 aromatic heterocycles. The van der Waals surface area contributed by atoms with Crippen LogP contribution in [-0.2, 0) is 6.61 Å². The summed E-state index contributed by atoms with van der Waals surface area (Å²) < 4.78 is 18.4. The molecule has 1 N–H and O–H groups in total. The van der Waals surface area contributed by atoms with Gasteiger partial charge in [-0.1, -0.05) is 34.1 Å². The number of hydrazone groups is 1. The number of amides is 1. The highest BCUT2D eigenvalue weighted by Crippen LogP contribution is 2.37. The lowest BCUT2D eigenvalue weighted by molar-refractivity contribution is 0.0952. The third-order valence-corrected chi connectivity index (χ3v) is 5.71. The second kappa shape index (κ2) is 12.2. The van der Waals surface area contributed by atoms with E-state index in [0.717, 1.165) is 10.0 Å². The van der Waals surface area contributed by atoms with Gasteiger partial charge in [0.2, 0.25) is 0 Å². The van der Waals surface area contributed by atoms with Gasteiger partial charge in [-0.25, -0.2) is 5.43 Å². The number of halogens is 2. The van der Waals surface area contributed by atoms with E-state index in [-0.39, 0.29) is 6.61 Å². The minimum absolute atomic E-state index is 0.209. The van der Waals surface area contributed by atoms with E-state index in [2.05, 4.69) is 48.5 Å². The molecule has 0 saturated carbocycles. The first-order valence-electron chi connectivity index (χ1n) is 10.2. The van der Waals surface area contributed by atoms with Crippen LogP contribution in [0.3, 0.4) is 0 Å². The normalized spacial score (nSPS) is 10.6. The van der Waals surface area contributed by atoms with E-state index < -0.39 is 5.91 Å². The summed E-state index contributed by atoms with van der Waals surface area (Å²) in [5, 5.41) is 13.4. The molecular weight excluding hydrogens is 566 g/mol. The summed E-state index contributed by atoms with van der Waals surface area (Å²) in [5.41, 5.74) is 4.87. The zero-order valence-corrected chi connectivity index (χ0v) is 21.6. The van der Waals surface area contributed by atoms with E-state index in [9.17, 15) is 10.1 Å². The minimum atomic E-state index is -0.408. The zero-order chi connectivity index (χ0) is 24.5. The average molecular weight is 587 g/mol. The van der Waals surface area contributed by atoms with Crippen molar-refractivity contribution in [1.29, 1.82) is 5.26 Å². The Kier molecular flexibility index (Phi) is 9.08. The van der Waals surface area contributed by atoms with Gasteiger partial charge in [-0.3, -0.25) is 4.79 Å². The van der Waals surface area contributed by atoms with Crippen LogP contribution in [0, 0.1) is 11.3 Å². The van der Waals surface area contributed by atoms with E-state index in [1.54, 1.807) is 36.4 Å². The van der Waals surface area contributed by atoms with Gasteiger partial charge < -0.3 is 14.2 Å². The molecule has 0 bridgehead atoms. The maximum Gasteiger partial charge on any atom is 0.275 e. The third kappa shape index (κ3) is 6.37. The number of hydrogen-bond donors (Lipinski definition) is 1. The van der Waals surface area contributed by atoms with Crippen LogP contribution in [0.1, 0.15) is 34.0 Å². The monoisotopic (exact) mass is 585 g/mol. The molecule has 0 fully saturated rings. The summed E-state index contributed by atoms with van der Waals surface area (Å²) in [6, 6.07) is 18.1. The quantitative estimate of drug-likeness (QED) is 0.251. The number of rotatable bonds is 9. The summed E-state index contributed by atoms with van der Waals surface area (Å²) >= 11 is 6.87. The molecule has 0 aliphatic rings. The van der Waals surface area contributed by atoms with Crippen molar-refractivity contribution in [3.8, 4) is 23.3 Å². The van der Waals surface area contributed by atoms with Crippen LogP contribution in [0.2, 0.25) is 0 Å². The number of nitriles is 1. The molecule has 34 heavy (non-hydrogen) atoms. The lowest BCUT2D eigenvalue weighted by Crippen LogP contribution is -2.18. The Morgan fingerprint density at radius 3 is 2.65 bits per heavy atom. The lowest BCUT2D eigenvalue weighted by Gasteiger charge is -2.15. The molecule has 7 nitrogen and oxygen atoms in total. The first-order chi connectivity index (χ1) is 16.5. The molecule has 0 saturated heterocycles. The molecule has 0 aliphatic heterocycles. The number of nitrogens with one attached hydrogen (secondary N) is 1. The number of methoxy groups -OCH3 is 1. The highest BCUT2D eigenvalue weighted by atomic mass is 79.9. The summed E-state index contributed by atoms with van der Waals surface area (Å²) in [7, 11) is 1.50. The predicted molar refractivity (Wildman–Crippen MR) is 137 cm³/mol. The van der Waals surface area contributed by atoms with Crippen LogP contribution in [0.5, 0.6) is 17.2 Å². The molecule has 3 aromatic rings. The van der Waals surface area contributed by atoms with Crippen LogP contribution in [0.25, 0.3) is 0 Å². The van der Waals surface area contributed by atoms with Gasteiger partial charge in [0.25, 0.3) is 5.91 Å². The van der Waals surface area contributed by atoms with E-state index >= 15 is 0 Å². The molecule has 0 unspecified atom stereocenters. The largest absolute Gasteiger partial charge is 0.496 e. The first kappa shape index (κ1) is 25.3. The molecule has 0 aliphatic carbocycles. The summed E-state index contributed by atoms with van der Waals surface area (Å²) in [6.07, 6.45) is 1.50. The Balaban J connectivity index is 1.77. The first-order valence-corrected chi connectivity index (χ1v) is 11.8. The summed E-state index contributed by atoms with van der Waals surface area (Å²) in [4.78, 5) is 12.5.